The van der Waals surface area contributed by atoms with E-state index in [1.54, 1.807) is 0 Å². The van der Waals surface area contributed by atoms with Gasteiger partial charge in [0.1, 0.15) is 0 Å². The first kappa shape index (κ1) is 10.1. The number of hydrogen-bond donors (Lipinski definition) is 0. The van der Waals surface area contributed by atoms with E-state index in [2.05, 4.69) is 41.5 Å². The summed E-state index contributed by atoms with van der Waals surface area (Å²) in [6.45, 7) is 13.9. The average Bonchev–Trinajstić information content (AvgIpc) is 2.03. The summed E-state index contributed by atoms with van der Waals surface area (Å²) in [4.78, 5) is 0. The lowest BCUT2D eigenvalue weighted by molar-refractivity contribution is 0.0354. The maximum atomic E-state index is 6.03. The van der Waals surface area contributed by atoms with Crippen molar-refractivity contribution in [3.05, 3.63) is 0 Å². The summed E-state index contributed by atoms with van der Waals surface area (Å²) in [6.07, 6.45) is 1.19. The Morgan fingerprint density at radius 2 is 1.67 bits per heavy atom. The zero-order valence-electron chi connectivity index (χ0n) is 9.27. The first-order valence-electron chi connectivity index (χ1n) is 4.94. The zero-order valence-corrected chi connectivity index (χ0v) is 9.27. The molecule has 1 nitrogen and oxygen atoms in total. The monoisotopic (exact) mass is 168 g/mol. The van der Waals surface area contributed by atoms with Crippen molar-refractivity contribution in [3.8, 4) is 0 Å². The molecule has 70 valence electrons. The van der Waals surface area contributed by atoms with Crippen molar-refractivity contribution in [1.29, 1.82) is 0 Å². The van der Waals surface area contributed by atoms with Gasteiger partial charge in [0.25, 0.3) is 6.92 Å². The highest BCUT2D eigenvalue weighted by Crippen LogP contribution is 2.47. The zero-order chi connectivity index (χ0) is 9.57. The van der Waals surface area contributed by atoms with Crippen LogP contribution in [0, 0.1) is 5.41 Å². The first-order valence-corrected chi connectivity index (χ1v) is 4.94. The normalized spacial score (nSPS) is 26.8. The predicted molar refractivity (Wildman–Crippen MR) is 54.6 cm³/mol. The molecule has 0 aromatic rings. The Morgan fingerprint density at radius 1 is 1.17 bits per heavy atom. The quantitative estimate of drug-likeness (QED) is 0.546. The summed E-state index contributed by atoms with van der Waals surface area (Å²) < 4.78 is 6.03. The number of rotatable bonds is 1. The molecule has 0 radical (unpaired) electrons. The highest BCUT2D eigenvalue weighted by atomic mass is 16.5. The Balaban J connectivity index is 2.74. The van der Waals surface area contributed by atoms with Crippen molar-refractivity contribution < 1.29 is 4.65 Å². The van der Waals surface area contributed by atoms with Crippen LogP contribution in [0.1, 0.15) is 41.5 Å². The standard InChI is InChI=1S/C10H21BO/c1-8(2)11-7-9(3,4)10(5,6)12-11/h8H,7H2,1-6H3. The maximum absolute atomic E-state index is 6.03. The summed E-state index contributed by atoms with van der Waals surface area (Å²) >= 11 is 0. The van der Waals surface area contributed by atoms with E-state index in [-0.39, 0.29) is 5.60 Å². The molecule has 1 aliphatic heterocycles. The topological polar surface area (TPSA) is 9.23 Å². The van der Waals surface area contributed by atoms with Gasteiger partial charge in [-0.15, -0.1) is 0 Å². The van der Waals surface area contributed by atoms with Gasteiger partial charge in [-0.2, -0.15) is 0 Å². The molecule has 0 spiro atoms. The molecule has 1 aliphatic rings. The van der Waals surface area contributed by atoms with Gasteiger partial charge >= 0.3 is 0 Å². The van der Waals surface area contributed by atoms with Gasteiger partial charge in [0.15, 0.2) is 0 Å². The molecular weight excluding hydrogens is 147 g/mol. The Labute approximate surface area is 77.0 Å². The third kappa shape index (κ3) is 1.54. The molecule has 0 N–H and O–H groups in total. The lowest BCUT2D eigenvalue weighted by Crippen LogP contribution is -2.34. The minimum Gasteiger partial charge on any atom is -0.430 e. The molecule has 1 fully saturated rings. The van der Waals surface area contributed by atoms with E-state index in [9.17, 15) is 0 Å². The van der Waals surface area contributed by atoms with Crippen LogP contribution in [-0.2, 0) is 4.65 Å². The van der Waals surface area contributed by atoms with E-state index < -0.39 is 0 Å². The molecule has 0 amide bonds. The summed E-state index contributed by atoms with van der Waals surface area (Å²) in [7, 11) is 0. The largest absolute Gasteiger partial charge is 0.430 e. The fourth-order valence-electron chi connectivity index (χ4n) is 1.70. The highest BCUT2D eigenvalue weighted by molar-refractivity contribution is 6.54. The lowest BCUT2D eigenvalue weighted by Gasteiger charge is -2.34. The van der Waals surface area contributed by atoms with Gasteiger partial charge in [0.2, 0.25) is 0 Å². The third-order valence-electron chi connectivity index (χ3n) is 3.53. The first-order chi connectivity index (χ1) is 5.26. The molecule has 0 aromatic heterocycles. The van der Waals surface area contributed by atoms with E-state index >= 15 is 0 Å². The van der Waals surface area contributed by atoms with Crippen molar-refractivity contribution >= 4 is 6.92 Å². The summed E-state index contributed by atoms with van der Waals surface area (Å²) in [5.74, 6) is 0.644. The van der Waals surface area contributed by atoms with Crippen molar-refractivity contribution in [2.45, 2.75) is 59.3 Å². The Kier molecular flexibility index (Phi) is 2.33. The van der Waals surface area contributed by atoms with Crippen LogP contribution >= 0.6 is 0 Å². The highest BCUT2D eigenvalue weighted by Gasteiger charge is 2.49. The molecule has 1 heterocycles. The maximum Gasteiger partial charge on any atom is 0.297 e. The molecule has 0 atom stereocenters. The Morgan fingerprint density at radius 3 is 1.83 bits per heavy atom. The van der Waals surface area contributed by atoms with Crippen LogP contribution in [0.25, 0.3) is 0 Å². The second-order valence-electron chi connectivity index (χ2n) is 5.50. The van der Waals surface area contributed by atoms with E-state index in [4.69, 9.17) is 4.65 Å². The molecule has 0 aromatic carbocycles. The molecule has 0 unspecified atom stereocenters. The van der Waals surface area contributed by atoms with Gasteiger partial charge in [0, 0.05) is 0 Å². The second-order valence-corrected chi connectivity index (χ2v) is 5.50. The van der Waals surface area contributed by atoms with Crippen molar-refractivity contribution in [3.63, 3.8) is 0 Å². The Bertz CT molecular complexity index is 157. The smallest absolute Gasteiger partial charge is 0.297 e. The molecule has 0 saturated carbocycles. The van der Waals surface area contributed by atoms with E-state index in [1.807, 2.05) is 0 Å². The molecule has 0 aliphatic carbocycles. The molecule has 2 heteroatoms. The summed E-state index contributed by atoms with van der Waals surface area (Å²) in [5, 5.41) is 0. The van der Waals surface area contributed by atoms with Gasteiger partial charge in [-0.05, 0) is 31.4 Å². The Hall–Kier alpha value is 0.0249. The molecular formula is C10H21BO. The van der Waals surface area contributed by atoms with Crippen LogP contribution in [0.5, 0.6) is 0 Å². The molecule has 1 rings (SSSR count). The fraction of sp³-hybridized carbons (Fsp3) is 1.00. The summed E-state index contributed by atoms with van der Waals surface area (Å²) in [5.41, 5.74) is 0.365. The van der Waals surface area contributed by atoms with Crippen LogP contribution in [0.2, 0.25) is 12.1 Å². The van der Waals surface area contributed by atoms with Gasteiger partial charge in [-0.3, -0.25) is 0 Å². The van der Waals surface area contributed by atoms with Crippen molar-refractivity contribution in [1.82, 2.24) is 0 Å². The predicted octanol–water partition coefficient (Wildman–Crippen LogP) is 3.22. The molecule has 0 bridgehead atoms. The van der Waals surface area contributed by atoms with E-state index in [0.29, 0.717) is 18.1 Å². The average molecular weight is 168 g/mol. The van der Waals surface area contributed by atoms with Crippen LogP contribution in [-0.4, -0.2) is 12.5 Å². The molecule has 1 saturated heterocycles. The van der Waals surface area contributed by atoms with Gasteiger partial charge in [-0.1, -0.05) is 27.7 Å². The van der Waals surface area contributed by atoms with Gasteiger partial charge in [-0.25, -0.2) is 0 Å². The third-order valence-corrected chi connectivity index (χ3v) is 3.53. The van der Waals surface area contributed by atoms with Crippen LogP contribution < -0.4 is 0 Å². The van der Waals surface area contributed by atoms with Crippen LogP contribution in [0.15, 0.2) is 0 Å². The van der Waals surface area contributed by atoms with Gasteiger partial charge < -0.3 is 4.65 Å². The van der Waals surface area contributed by atoms with Crippen LogP contribution in [0.4, 0.5) is 0 Å². The lowest BCUT2D eigenvalue weighted by atomic mass is 9.51. The van der Waals surface area contributed by atoms with Gasteiger partial charge in [0.05, 0.1) is 5.60 Å². The fourth-order valence-corrected chi connectivity index (χ4v) is 1.70. The second kappa shape index (κ2) is 2.76. The van der Waals surface area contributed by atoms with E-state index in [1.165, 1.54) is 6.32 Å². The summed E-state index contributed by atoms with van der Waals surface area (Å²) in [6, 6.07) is 0. The molecule has 12 heavy (non-hydrogen) atoms. The number of hydrogen-bond acceptors (Lipinski definition) is 1. The van der Waals surface area contributed by atoms with E-state index in [0.717, 1.165) is 0 Å². The minimum absolute atomic E-state index is 0.0436. The van der Waals surface area contributed by atoms with Crippen molar-refractivity contribution in [2.75, 3.05) is 0 Å². The SMILES string of the molecule is CC(C)B1CC(C)(C)C(C)(C)O1. The van der Waals surface area contributed by atoms with Crippen molar-refractivity contribution in [2.24, 2.45) is 5.41 Å². The van der Waals surface area contributed by atoms with Crippen LogP contribution in [0.3, 0.4) is 0 Å². The minimum atomic E-state index is 0.0436.